The molecule has 0 bridgehead atoms. The molecule has 2 N–H and O–H groups in total. The zero-order valence-corrected chi connectivity index (χ0v) is 18.4. The van der Waals surface area contributed by atoms with Crippen molar-refractivity contribution in [2.24, 2.45) is 0 Å². The number of fused-ring (bicyclic) bond motifs is 1. The molecule has 0 fully saturated rings. The van der Waals surface area contributed by atoms with Gasteiger partial charge in [-0.1, -0.05) is 0 Å². The molecule has 1 unspecified atom stereocenters. The number of nitrogens with one attached hydrogen (secondary N) is 1. The minimum absolute atomic E-state index is 0.0503. The Morgan fingerprint density at radius 2 is 1.93 bits per heavy atom. The van der Waals surface area contributed by atoms with Crippen molar-refractivity contribution in [3.05, 3.63) is 41.0 Å². The fraction of sp³-hybridized carbons (Fsp3) is 0.381. The normalized spacial score (nSPS) is 12.6. The van der Waals surface area contributed by atoms with Crippen molar-refractivity contribution >= 4 is 28.4 Å². The molecule has 30 heavy (non-hydrogen) atoms. The van der Waals surface area contributed by atoms with E-state index in [9.17, 15) is 14.7 Å². The van der Waals surface area contributed by atoms with Crippen LogP contribution < -0.4 is 10.1 Å². The van der Waals surface area contributed by atoms with Crippen LogP contribution in [0.4, 0.5) is 4.79 Å². The Kier molecular flexibility index (Phi) is 6.02. The third kappa shape index (κ3) is 4.73. The summed E-state index contributed by atoms with van der Waals surface area (Å²) in [5.74, 6) is -0.433. The third-order valence-electron chi connectivity index (χ3n) is 4.38. The summed E-state index contributed by atoms with van der Waals surface area (Å²) >= 11 is 1.48. The number of benzene rings is 1. The molecule has 0 aliphatic heterocycles. The topological polar surface area (TPSA) is 102 Å². The van der Waals surface area contributed by atoms with Gasteiger partial charge in [0, 0.05) is 23.1 Å². The van der Waals surface area contributed by atoms with Crippen LogP contribution in [0.5, 0.6) is 5.75 Å². The first kappa shape index (κ1) is 21.6. The van der Waals surface area contributed by atoms with Crippen molar-refractivity contribution in [2.45, 2.75) is 45.8 Å². The Hall–Kier alpha value is -3.07. The lowest BCUT2D eigenvalue weighted by Crippen LogP contribution is -2.44. The molecule has 0 saturated carbocycles. The van der Waals surface area contributed by atoms with Gasteiger partial charge < -0.3 is 19.9 Å². The Balaban J connectivity index is 1.98. The number of imidazole rings is 1. The van der Waals surface area contributed by atoms with Crippen molar-refractivity contribution < 1.29 is 24.2 Å². The minimum Gasteiger partial charge on any atom is -0.497 e. The van der Waals surface area contributed by atoms with E-state index in [1.807, 2.05) is 41.0 Å². The van der Waals surface area contributed by atoms with Gasteiger partial charge in [-0.25, -0.2) is 14.6 Å². The first-order chi connectivity index (χ1) is 14.1. The lowest BCUT2D eigenvalue weighted by atomic mass is 10.0. The predicted octanol–water partition coefficient (Wildman–Crippen LogP) is 3.90. The number of methoxy groups -OCH3 is 1. The van der Waals surface area contributed by atoms with Gasteiger partial charge in [-0.2, -0.15) is 0 Å². The van der Waals surface area contributed by atoms with Crippen LogP contribution in [0.15, 0.2) is 29.6 Å². The molecule has 0 spiro atoms. The largest absolute Gasteiger partial charge is 0.497 e. The smallest absolute Gasteiger partial charge is 0.408 e. The summed E-state index contributed by atoms with van der Waals surface area (Å²) in [6.07, 6.45) is -0.724. The highest BCUT2D eigenvalue weighted by atomic mass is 32.1. The van der Waals surface area contributed by atoms with Crippen LogP contribution in [0.1, 0.15) is 32.2 Å². The maximum atomic E-state index is 12.2. The first-order valence-electron chi connectivity index (χ1n) is 9.41. The van der Waals surface area contributed by atoms with Crippen LogP contribution in [0.3, 0.4) is 0 Å². The lowest BCUT2D eigenvalue weighted by Gasteiger charge is -2.22. The van der Waals surface area contributed by atoms with Crippen LogP contribution in [-0.4, -0.2) is 45.3 Å². The van der Waals surface area contributed by atoms with E-state index >= 15 is 0 Å². The van der Waals surface area contributed by atoms with Crippen molar-refractivity contribution in [1.29, 1.82) is 0 Å². The Labute approximate surface area is 178 Å². The van der Waals surface area contributed by atoms with Crippen molar-refractivity contribution in [3.8, 4) is 17.0 Å². The molecule has 0 radical (unpaired) electrons. The van der Waals surface area contributed by atoms with Crippen molar-refractivity contribution in [3.63, 3.8) is 0 Å². The van der Waals surface area contributed by atoms with Crippen LogP contribution >= 0.6 is 11.3 Å². The average Bonchev–Trinajstić information content (AvgIpc) is 3.20. The molecule has 1 amide bonds. The van der Waals surface area contributed by atoms with Gasteiger partial charge in [0.15, 0.2) is 4.96 Å². The summed E-state index contributed by atoms with van der Waals surface area (Å²) in [4.78, 5) is 29.6. The molecule has 0 aliphatic carbocycles. The molecular formula is C21H25N3O5S. The molecule has 2 aromatic heterocycles. The van der Waals surface area contributed by atoms with Gasteiger partial charge in [0.05, 0.1) is 18.5 Å². The zero-order valence-electron chi connectivity index (χ0n) is 17.6. The Morgan fingerprint density at radius 1 is 1.27 bits per heavy atom. The number of aromatic nitrogens is 2. The average molecular weight is 432 g/mol. The molecule has 1 atom stereocenters. The number of carboxylic acids is 1. The number of hydrogen-bond acceptors (Lipinski definition) is 6. The molecule has 0 aliphatic rings. The van der Waals surface area contributed by atoms with Gasteiger partial charge in [0.2, 0.25) is 0 Å². The van der Waals surface area contributed by atoms with Crippen LogP contribution in [0, 0.1) is 6.92 Å². The molecule has 0 saturated heterocycles. The van der Waals surface area contributed by atoms with Crippen LogP contribution in [0.25, 0.3) is 16.2 Å². The number of carboxylic acid groups (broad SMARTS) is 1. The zero-order chi connectivity index (χ0) is 22.1. The fourth-order valence-corrected chi connectivity index (χ4v) is 3.96. The van der Waals surface area contributed by atoms with Gasteiger partial charge in [-0.15, -0.1) is 11.3 Å². The van der Waals surface area contributed by atoms with Gasteiger partial charge >= 0.3 is 12.1 Å². The van der Waals surface area contributed by atoms with Gasteiger partial charge in [0.25, 0.3) is 0 Å². The molecule has 2 heterocycles. The van der Waals surface area contributed by atoms with E-state index in [4.69, 9.17) is 14.5 Å². The Bertz CT molecular complexity index is 1060. The van der Waals surface area contributed by atoms with Crippen LogP contribution in [-0.2, 0) is 16.0 Å². The number of aryl methyl sites for hydroxylation is 1. The highest BCUT2D eigenvalue weighted by Crippen LogP contribution is 2.30. The summed E-state index contributed by atoms with van der Waals surface area (Å²) in [6.45, 7) is 7.10. The summed E-state index contributed by atoms with van der Waals surface area (Å²) in [6, 6.07) is 6.23. The summed E-state index contributed by atoms with van der Waals surface area (Å²) in [5.41, 5.74) is 2.43. The fourth-order valence-electron chi connectivity index (χ4n) is 3.08. The number of carbonyl (C=O) groups excluding carboxylic acids is 1. The van der Waals surface area contributed by atoms with E-state index in [2.05, 4.69) is 5.32 Å². The number of nitrogens with zero attached hydrogens (tertiary/aromatic N) is 2. The summed E-state index contributed by atoms with van der Waals surface area (Å²) < 4.78 is 12.4. The third-order valence-corrected chi connectivity index (χ3v) is 5.32. The lowest BCUT2D eigenvalue weighted by molar-refractivity contribution is -0.139. The molecular weight excluding hydrogens is 406 g/mol. The number of ether oxygens (including phenoxy) is 2. The molecule has 3 aromatic rings. The molecule has 1 aromatic carbocycles. The second-order valence-electron chi connectivity index (χ2n) is 7.87. The number of amides is 1. The van der Waals surface area contributed by atoms with E-state index in [-0.39, 0.29) is 6.42 Å². The second-order valence-corrected chi connectivity index (χ2v) is 8.71. The molecule has 9 heteroatoms. The van der Waals surface area contributed by atoms with Crippen molar-refractivity contribution in [1.82, 2.24) is 14.7 Å². The highest BCUT2D eigenvalue weighted by molar-refractivity contribution is 7.15. The van der Waals surface area contributed by atoms with Gasteiger partial charge in [-0.05, 0) is 52.0 Å². The molecule has 160 valence electrons. The Morgan fingerprint density at radius 3 is 2.50 bits per heavy atom. The monoisotopic (exact) mass is 431 g/mol. The maximum Gasteiger partial charge on any atom is 0.408 e. The summed E-state index contributed by atoms with van der Waals surface area (Å²) in [7, 11) is 1.59. The molecule has 8 nitrogen and oxygen atoms in total. The molecule has 3 rings (SSSR count). The summed E-state index contributed by atoms with van der Waals surface area (Å²) in [5, 5.41) is 14.2. The number of alkyl carbamates (subject to hydrolysis) is 1. The standard InChI is InChI=1S/C21H25N3O5S/c1-12-11-30-19-23-17(13-6-8-14(28-5)9-7-13)16(24(12)19)10-15(18(25)26)22-20(27)29-21(2,3)4/h6-9,11,15H,10H2,1-5H3,(H,22,27)(H,25,26). The SMILES string of the molecule is COc1ccc(-c2nc3scc(C)n3c2CC(NC(=O)OC(C)(C)C)C(=O)O)cc1. The minimum atomic E-state index is -1.17. The second kappa shape index (κ2) is 8.35. The van der Waals surface area contributed by atoms with E-state index in [1.165, 1.54) is 11.3 Å². The number of hydrogen-bond donors (Lipinski definition) is 2. The van der Waals surface area contributed by atoms with Crippen molar-refractivity contribution in [2.75, 3.05) is 7.11 Å². The van der Waals surface area contributed by atoms with E-state index in [1.54, 1.807) is 27.9 Å². The quantitative estimate of drug-likeness (QED) is 0.614. The van der Waals surface area contributed by atoms with E-state index < -0.39 is 23.7 Å². The number of carbonyl (C=O) groups is 2. The van der Waals surface area contributed by atoms with E-state index in [0.717, 1.165) is 16.2 Å². The highest BCUT2D eigenvalue weighted by Gasteiger charge is 2.28. The van der Waals surface area contributed by atoms with Gasteiger partial charge in [-0.3, -0.25) is 4.40 Å². The van der Waals surface area contributed by atoms with Crippen LogP contribution in [0.2, 0.25) is 0 Å². The predicted molar refractivity (Wildman–Crippen MR) is 114 cm³/mol. The van der Waals surface area contributed by atoms with Gasteiger partial charge in [0.1, 0.15) is 17.4 Å². The van der Waals surface area contributed by atoms with E-state index in [0.29, 0.717) is 17.1 Å². The number of rotatable bonds is 6. The maximum absolute atomic E-state index is 12.2. The number of aliphatic carboxylic acids is 1. The first-order valence-corrected chi connectivity index (χ1v) is 10.3. The number of thiazole rings is 1.